The number of carbonyl (C=O) groups is 4. The molecule has 0 bridgehead atoms. The summed E-state index contributed by atoms with van der Waals surface area (Å²) in [5.41, 5.74) is 0.501. The Bertz CT molecular complexity index is 988. The van der Waals surface area contributed by atoms with Gasteiger partial charge in [0.2, 0.25) is 0 Å². The van der Waals surface area contributed by atoms with Crippen LogP contribution in [0.25, 0.3) is 0 Å². The highest BCUT2D eigenvalue weighted by Crippen LogP contribution is 2.24. The summed E-state index contributed by atoms with van der Waals surface area (Å²) in [5, 5.41) is 5.27. The van der Waals surface area contributed by atoms with E-state index in [1.54, 1.807) is 31.2 Å². The van der Waals surface area contributed by atoms with E-state index in [0.717, 1.165) is 0 Å². The molecule has 1 aliphatic heterocycles. The number of benzene rings is 2. The molecule has 3 amide bonds. The predicted octanol–water partition coefficient (Wildman–Crippen LogP) is 2.50. The van der Waals surface area contributed by atoms with E-state index in [4.69, 9.17) is 21.8 Å². The molecule has 0 radical (unpaired) electrons. The van der Waals surface area contributed by atoms with Crippen LogP contribution in [0.3, 0.4) is 0 Å². The van der Waals surface area contributed by atoms with Gasteiger partial charge in [-0.15, -0.1) is 0 Å². The first-order valence-corrected chi connectivity index (χ1v) is 8.87. The number of hydrogen-bond acceptors (Lipinski definition) is 7. The highest BCUT2D eigenvalue weighted by atomic mass is 32.1. The average Bonchev–Trinajstić information content (AvgIpc) is 2.93. The molecule has 0 aliphatic carbocycles. The van der Waals surface area contributed by atoms with Gasteiger partial charge >= 0.3 is 12.1 Å². The molecule has 2 aromatic carbocycles. The summed E-state index contributed by atoms with van der Waals surface area (Å²) in [5.74, 6) is -2.42. The normalized spacial score (nSPS) is 12.2. The maximum Gasteiger partial charge on any atom is 0.413 e. The van der Waals surface area contributed by atoms with E-state index in [1.807, 2.05) is 0 Å². The number of imide groups is 1. The van der Waals surface area contributed by atoms with Gasteiger partial charge in [-0.2, -0.15) is 0 Å². The second-order valence-corrected chi connectivity index (χ2v) is 6.08. The number of fused-ring (bicyclic) bond motifs is 1. The third-order valence-corrected chi connectivity index (χ3v) is 4.02. The van der Waals surface area contributed by atoms with Crippen molar-refractivity contribution in [2.75, 3.05) is 11.9 Å². The molecule has 0 saturated carbocycles. The zero-order valence-electron chi connectivity index (χ0n) is 15.1. The molecule has 3 rings (SSSR count). The molecular weight excluding hydrogens is 398 g/mol. The molecule has 1 aliphatic rings. The summed E-state index contributed by atoms with van der Waals surface area (Å²) in [4.78, 5) is 53.8. The molecule has 2 N–H and O–H groups in total. The van der Waals surface area contributed by atoms with Gasteiger partial charge in [-0.3, -0.25) is 14.9 Å². The van der Waals surface area contributed by atoms with Gasteiger partial charge in [-0.05, 0) is 43.4 Å². The number of hydrogen-bond donors (Lipinski definition) is 2. The topological polar surface area (TPSA) is 114 Å². The average molecular weight is 413 g/mol. The Morgan fingerprint density at radius 1 is 1.00 bits per heavy atom. The monoisotopic (exact) mass is 413 g/mol. The summed E-state index contributed by atoms with van der Waals surface area (Å²) in [6, 6.07) is 12.3. The molecule has 0 atom stereocenters. The van der Waals surface area contributed by atoms with Crippen LogP contribution >= 0.6 is 12.2 Å². The molecule has 0 saturated heterocycles. The van der Waals surface area contributed by atoms with Gasteiger partial charge < -0.3 is 14.9 Å². The largest absolute Gasteiger partial charge is 0.450 e. The van der Waals surface area contributed by atoms with Crippen LogP contribution in [0, 0.1) is 0 Å². The van der Waals surface area contributed by atoms with Gasteiger partial charge in [-0.1, -0.05) is 29.3 Å². The van der Waals surface area contributed by atoms with E-state index in [-0.39, 0.29) is 34.1 Å². The maximum atomic E-state index is 12.6. The van der Waals surface area contributed by atoms with Crippen molar-refractivity contribution in [2.24, 2.45) is 0 Å². The SMILES string of the molecule is CCOC(=O)NC(=S)Nc1ccccc1C(=O)ON1C(=O)c2ccccc2C1=O. The maximum absolute atomic E-state index is 12.6. The van der Waals surface area contributed by atoms with Crippen molar-refractivity contribution in [1.29, 1.82) is 0 Å². The van der Waals surface area contributed by atoms with Crippen LogP contribution in [-0.2, 0) is 9.57 Å². The van der Waals surface area contributed by atoms with Crippen LogP contribution in [-0.4, -0.2) is 40.7 Å². The Balaban J connectivity index is 1.74. The molecule has 0 fully saturated rings. The lowest BCUT2D eigenvalue weighted by Gasteiger charge is -2.15. The van der Waals surface area contributed by atoms with E-state index < -0.39 is 23.9 Å². The van der Waals surface area contributed by atoms with Crippen LogP contribution < -0.4 is 10.6 Å². The van der Waals surface area contributed by atoms with Crippen LogP contribution in [0.1, 0.15) is 38.0 Å². The molecule has 0 unspecified atom stereocenters. The first kappa shape index (κ1) is 20.0. The van der Waals surface area contributed by atoms with Crippen molar-refractivity contribution in [2.45, 2.75) is 6.92 Å². The van der Waals surface area contributed by atoms with Crippen LogP contribution in [0.2, 0.25) is 0 Å². The fraction of sp³-hybridized carbons (Fsp3) is 0.105. The molecule has 29 heavy (non-hydrogen) atoms. The van der Waals surface area contributed by atoms with Crippen molar-refractivity contribution >= 4 is 46.9 Å². The molecule has 10 heteroatoms. The number of thiocarbonyl (C=S) groups is 1. The zero-order valence-corrected chi connectivity index (χ0v) is 15.9. The number of para-hydroxylation sites is 1. The minimum absolute atomic E-state index is 0.00272. The van der Waals surface area contributed by atoms with Gasteiger partial charge in [-0.25, -0.2) is 9.59 Å². The number of carbonyl (C=O) groups excluding carboxylic acids is 4. The highest BCUT2D eigenvalue weighted by Gasteiger charge is 2.39. The number of rotatable bonds is 4. The Morgan fingerprint density at radius 3 is 2.21 bits per heavy atom. The standard InChI is InChI=1S/C19H15N3O6S/c1-2-27-19(26)21-18(29)20-14-10-6-5-9-13(14)17(25)28-22-15(23)11-7-3-4-8-12(11)16(22)24/h3-10H,2H2,1H3,(H2,20,21,26,29). The summed E-state index contributed by atoms with van der Waals surface area (Å²) in [7, 11) is 0. The lowest BCUT2D eigenvalue weighted by Crippen LogP contribution is -2.35. The van der Waals surface area contributed by atoms with Gasteiger partial charge in [0.1, 0.15) is 0 Å². The van der Waals surface area contributed by atoms with Crippen molar-refractivity contribution in [1.82, 2.24) is 10.4 Å². The second-order valence-electron chi connectivity index (χ2n) is 5.67. The number of nitrogens with zero attached hydrogens (tertiary/aromatic N) is 1. The summed E-state index contributed by atoms with van der Waals surface area (Å²) in [6.45, 7) is 1.80. The number of hydroxylamine groups is 2. The fourth-order valence-electron chi connectivity index (χ4n) is 2.57. The van der Waals surface area contributed by atoms with Gasteiger partial charge in [0.05, 0.1) is 29.0 Å². The minimum atomic E-state index is -0.957. The Morgan fingerprint density at radius 2 is 1.59 bits per heavy atom. The predicted molar refractivity (Wildman–Crippen MR) is 105 cm³/mol. The second kappa shape index (κ2) is 8.48. The fourth-order valence-corrected chi connectivity index (χ4v) is 2.76. The Kier molecular flexibility index (Phi) is 5.84. The van der Waals surface area contributed by atoms with Crippen molar-refractivity contribution in [3.8, 4) is 0 Å². The number of nitrogens with one attached hydrogen (secondary N) is 2. The Hall–Kier alpha value is -3.79. The van der Waals surface area contributed by atoms with E-state index >= 15 is 0 Å². The molecule has 0 spiro atoms. The third-order valence-electron chi connectivity index (χ3n) is 3.82. The number of anilines is 1. The minimum Gasteiger partial charge on any atom is -0.450 e. The molecule has 9 nitrogen and oxygen atoms in total. The highest BCUT2D eigenvalue weighted by molar-refractivity contribution is 7.80. The van der Waals surface area contributed by atoms with E-state index in [9.17, 15) is 19.2 Å². The number of amides is 3. The van der Waals surface area contributed by atoms with Crippen molar-refractivity contribution in [3.63, 3.8) is 0 Å². The number of alkyl carbamates (subject to hydrolysis) is 1. The van der Waals surface area contributed by atoms with Crippen LogP contribution in [0.15, 0.2) is 48.5 Å². The van der Waals surface area contributed by atoms with Gasteiger partial charge in [0.25, 0.3) is 11.8 Å². The summed E-state index contributed by atoms with van der Waals surface area (Å²) < 4.78 is 4.72. The van der Waals surface area contributed by atoms with Gasteiger partial charge in [0, 0.05) is 0 Å². The molecule has 0 aromatic heterocycles. The first-order valence-electron chi connectivity index (χ1n) is 8.46. The molecular formula is C19H15N3O6S. The van der Waals surface area contributed by atoms with Crippen LogP contribution in [0.5, 0.6) is 0 Å². The van der Waals surface area contributed by atoms with Crippen molar-refractivity contribution < 1.29 is 28.8 Å². The van der Waals surface area contributed by atoms with Crippen molar-refractivity contribution in [3.05, 3.63) is 65.2 Å². The summed E-state index contributed by atoms with van der Waals surface area (Å²) >= 11 is 5.01. The quantitative estimate of drug-likeness (QED) is 0.581. The first-order chi connectivity index (χ1) is 13.9. The zero-order chi connectivity index (χ0) is 21.0. The third kappa shape index (κ3) is 4.22. The van der Waals surface area contributed by atoms with E-state index in [1.165, 1.54) is 24.3 Å². The summed E-state index contributed by atoms with van der Waals surface area (Å²) in [6.07, 6.45) is -0.754. The molecule has 148 valence electrons. The van der Waals surface area contributed by atoms with Gasteiger partial charge in [0.15, 0.2) is 5.11 Å². The molecule has 1 heterocycles. The smallest absolute Gasteiger partial charge is 0.413 e. The van der Waals surface area contributed by atoms with Crippen LogP contribution in [0.4, 0.5) is 10.5 Å². The Labute approximate surface area is 170 Å². The lowest BCUT2D eigenvalue weighted by molar-refractivity contribution is -0.0583. The van der Waals surface area contributed by atoms with E-state index in [2.05, 4.69) is 10.6 Å². The lowest BCUT2D eigenvalue weighted by atomic mass is 10.1. The van der Waals surface area contributed by atoms with E-state index in [0.29, 0.717) is 5.06 Å². The molecule has 2 aromatic rings. The number of ether oxygens (including phenoxy) is 1.